The van der Waals surface area contributed by atoms with Gasteiger partial charge in [0.1, 0.15) is 22.8 Å². The van der Waals surface area contributed by atoms with Gasteiger partial charge in [-0.2, -0.15) is 0 Å². The third-order valence-electron chi connectivity index (χ3n) is 6.76. The first-order valence-electron chi connectivity index (χ1n) is 12.9. The minimum absolute atomic E-state index is 0.0560. The Balaban J connectivity index is 1.29. The summed E-state index contributed by atoms with van der Waals surface area (Å²) < 4.78 is 14.6. The Labute approximate surface area is 235 Å². The van der Waals surface area contributed by atoms with E-state index in [1.165, 1.54) is 4.68 Å². The van der Waals surface area contributed by atoms with Gasteiger partial charge < -0.3 is 9.47 Å². The van der Waals surface area contributed by atoms with Crippen LogP contribution in [0.4, 0.5) is 0 Å². The predicted octanol–water partition coefficient (Wildman–Crippen LogP) is 5.41. The summed E-state index contributed by atoms with van der Waals surface area (Å²) in [5.74, 6) is 1.50. The number of fused-ring (bicyclic) bond motifs is 1. The maximum atomic E-state index is 13.7. The van der Waals surface area contributed by atoms with Gasteiger partial charge in [0, 0.05) is 48.3 Å². The summed E-state index contributed by atoms with van der Waals surface area (Å²) in [7, 11) is 3.37. The number of pyridine rings is 3. The lowest BCUT2D eigenvalue weighted by Gasteiger charge is -2.10. The molecule has 9 heteroatoms. The first kappa shape index (κ1) is 25.7. The van der Waals surface area contributed by atoms with E-state index in [9.17, 15) is 9.59 Å². The summed E-state index contributed by atoms with van der Waals surface area (Å²) in [4.78, 5) is 40.4. The molecule has 0 fully saturated rings. The SMILES string of the molecule is COc1ccc2c(Oc3ccc(CC(=O)c4c(-c5cccnc5)n(C)n(-c5ccccc5)c4=O)nc3)ccnc2c1. The van der Waals surface area contributed by atoms with Crippen molar-refractivity contribution in [3.8, 4) is 34.2 Å². The van der Waals surface area contributed by atoms with Crippen molar-refractivity contribution in [1.82, 2.24) is 24.3 Å². The lowest BCUT2D eigenvalue weighted by Crippen LogP contribution is -2.23. The van der Waals surface area contributed by atoms with Crippen LogP contribution in [0.3, 0.4) is 0 Å². The maximum Gasteiger partial charge on any atom is 0.282 e. The summed E-state index contributed by atoms with van der Waals surface area (Å²) >= 11 is 0. The van der Waals surface area contributed by atoms with E-state index in [1.807, 2.05) is 54.6 Å². The molecule has 0 radical (unpaired) electrons. The van der Waals surface area contributed by atoms with Crippen LogP contribution in [0, 0.1) is 0 Å². The van der Waals surface area contributed by atoms with Crippen molar-refractivity contribution < 1.29 is 14.3 Å². The molecule has 0 N–H and O–H groups in total. The summed E-state index contributed by atoms with van der Waals surface area (Å²) in [5.41, 5.74) is 2.77. The lowest BCUT2D eigenvalue weighted by molar-refractivity contribution is 0.0991. The van der Waals surface area contributed by atoms with Gasteiger partial charge in [0.25, 0.3) is 5.56 Å². The van der Waals surface area contributed by atoms with Crippen LogP contribution in [-0.4, -0.2) is 37.2 Å². The number of ether oxygens (including phenoxy) is 2. The minimum atomic E-state index is -0.399. The minimum Gasteiger partial charge on any atom is -0.497 e. The molecule has 41 heavy (non-hydrogen) atoms. The molecule has 0 bridgehead atoms. The number of hydrogen-bond acceptors (Lipinski definition) is 7. The second kappa shape index (κ2) is 10.9. The molecule has 202 valence electrons. The number of carbonyl (C=O) groups excluding carboxylic acids is 1. The second-order valence-corrected chi connectivity index (χ2v) is 9.32. The first-order chi connectivity index (χ1) is 20.0. The number of Topliss-reactive ketones (excluding diaryl/α,β-unsaturated/α-hetero) is 1. The molecular formula is C32H25N5O4. The number of benzene rings is 2. The number of ketones is 1. The van der Waals surface area contributed by atoms with Crippen molar-refractivity contribution in [2.75, 3.05) is 7.11 Å². The molecule has 4 heterocycles. The van der Waals surface area contributed by atoms with Crippen LogP contribution in [0.5, 0.6) is 17.2 Å². The molecular weight excluding hydrogens is 518 g/mol. The number of hydrogen-bond donors (Lipinski definition) is 0. The van der Waals surface area contributed by atoms with E-state index in [-0.39, 0.29) is 17.8 Å². The van der Waals surface area contributed by atoms with Crippen LogP contribution in [0.2, 0.25) is 0 Å². The fraction of sp³-hybridized carbons (Fsp3) is 0.0938. The number of methoxy groups -OCH3 is 1. The Kier molecular flexibility index (Phi) is 6.83. The highest BCUT2D eigenvalue weighted by molar-refractivity contribution is 6.02. The van der Waals surface area contributed by atoms with E-state index in [1.54, 1.807) is 67.9 Å². The summed E-state index contributed by atoms with van der Waals surface area (Å²) in [6.45, 7) is 0. The Morgan fingerprint density at radius 3 is 2.44 bits per heavy atom. The lowest BCUT2D eigenvalue weighted by atomic mass is 10.0. The topological polar surface area (TPSA) is 101 Å². The third kappa shape index (κ3) is 4.96. The zero-order valence-corrected chi connectivity index (χ0v) is 22.4. The normalized spacial score (nSPS) is 11.0. The quantitative estimate of drug-likeness (QED) is 0.237. The van der Waals surface area contributed by atoms with Crippen LogP contribution in [0.15, 0.2) is 108 Å². The summed E-state index contributed by atoms with van der Waals surface area (Å²) in [6, 6.07) is 23.6. The Morgan fingerprint density at radius 1 is 0.878 bits per heavy atom. The molecule has 0 unspecified atom stereocenters. The zero-order chi connectivity index (χ0) is 28.3. The van der Waals surface area contributed by atoms with Gasteiger partial charge in [-0.05, 0) is 54.6 Å². The molecule has 0 saturated heterocycles. The second-order valence-electron chi connectivity index (χ2n) is 9.32. The van der Waals surface area contributed by atoms with E-state index < -0.39 is 5.56 Å². The standard InChI is InChI=1S/C32H25N5O4/c1-36-31(21-7-6-15-33-19-21)30(32(39)37(36)23-8-4-3-5-9-23)28(38)17-22-10-11-25(20-35-22)41-29-14-16-34-27-18-24(40-2)12-13-26(27)29/h3-16,18-20H,17H2,1-2H3. The van der Waals surface area contributed by atoms with Gasteiger partial charge in [0.05, 0.1) is 36.6 Å². The van der Waals surface area contributed by atoms with Crippen LogP contribution < -0.4 is 15.0 Å². The molecule has 0 spiro atoms. The molecule has 2 aromatic carbocycles. The van der Waals surface area contributed by atoms with Crippen molar-refractivity contribution in [2.45, 2.75) is 6.42 Å². The number of rotatable bonds is 8. The van der Waals surface area contributed by atoms with E-state index in [0.717, 1.165) is 10.9 Å². The van der Waals surface area contributed by atoms with Gasteiger partial charge in [0.2, 0.25) is 0 Å². The van der Waals surface area contributed by atoms with Gasteiger partial charge in [-0.15, -0.1) is 0 Å². The fourth-order valence-electron chi connectivity index (χ4n) is 4.82. The zero-order valence-electron chi connectivity index (χ0n) is 22.4. The summed E-state index contributed by atoms with van der Waals surface area (Å²) in [5, 5.41) is 0.828. The van der Waals surface area contributed by atoms with E-state index in [4.69, 9.17) is 9.47 Å². The van der Waals surface area contributed by atoms with Crippen molar-refractivity contribution in [2.24, 2.45) is 7.05 Å². The van der Waals surface area contributed by atoms with Gasteiger partial charge >= 0.3 is 0 Å². The average Bonchev–Trinajstić information content (AvgIpc) is 3.28. The molecule has 4 aromatic heterocycles. The highest BCUT2D eigenvalue weighted by Gasteiger charge is 2.26. The predicted molar refractivity (Wildman–Crippen MR) is 155 cm³/mol. The number of para-hydroxylation sites is 1. The highest BCUT2D eigenvalue weighted by Crippen LogP contribution is 2.31. The first-order valence-corrected chi connectivity index (χ1v) is 12.9. The Hall–Kier alpha value is -5.57. The van der Waals surface area contributed by atoms with Crippen molar-refractivity contribution >= 4 is 16.7 Å². The number of nitrogens with zero attached hydrogens (tertiary/aromatic N) is 5. The molecule has 0 aliphatic carbocycles. The monoisotopic (exact) mass is 543 g/mol. The van der Waals surface area contributed by atoms with Gasteiger partial charge in [-0.1, -0.05) is 18.2 Å². The molecule has 6 aromatic rings. The molecule has 0 amide bonds. The smallest absolute Gasteiger partial charge is 0.282 e. The van der Waals surface area contributed by atoms with E-state index in [0.29, 0.717) is 39.9 Å². The van der Waals surface area contributed by atoms with Gasteiger partial charge in [-0.25, -0.2) is 4.68 Å². The van der Waals surface area contributed by atoms with Crippen LogP contribution in [-0.2, 0) is 13.5 Å². The maximum absolute atomic E-state index is 13.7. The van der Waals surface area contributed by atoms with E-state index in [2.05, 4.69) is 15.0 Å². The average molecular weight is 544 g/mol. The molecule has 0 aliphatic rings. The molecule has 0 atom stereocenters. The van der Waals surface area contributed by atoms with Gasteiger partial charge in [0.15, 0.2) is 5.78 Å². The highest BCUT2D eigenvalue weighted by atomic mass is 16.5. The molecule has 0 aliphatic heterocycles. The van der Waals surface area contributed by atoms with E-state index >= 15 is 0 Å². The molecule has 9 nitrogen and oxygen atoms in total. The van der Waals surface area contributed by atoms with Crippen molar-refractivity contribution in [3.63, 3.8) is 0 Å². The third-order valence-corrected chi connectivity index (χ3v) is 6.76. The molecule has 0 saturated carbocycles. The van der Waals surface area contributed by atoms with Crippen LogP contribution in [0.25, 0.3) is 27.8 Å². The van der Waals surface area contributed by atoms with Crippen molar-refractivity contribution in [3.05, 3.63) is 125 Å². The summed E-state index contributed by atoms with van der Waals surface area (Å²) in [6.07, 6.45) is 6.47. The fourth-order valence-corrected chi connectivity index (χ4v) is 4.82. The van der Waals surface area contributed by atoms with Crippen LogP contribution >= 0.6 is 0 Å². The van der Waals surface area contributed by atoms with Gasteiger partial charge in [-0.3, -0.25) is 29.2 Å². The number of carbonyl (C=O) groups is 1. The molecule has 6 rings (SSSR count). The van der Waals surface area contributed by atoms with Crippen LogP contribution in [0.1, 0.15) is 16.1 Å². The number of aromatic nitrogens is 5. The largest absolute Gasteiger partial charge is 0.497 e. The Bertz CT molecular complexity index is 1910. The van der Waals surface area contributed by atoms with Crippen molar-refractivity contribution in [1.29, 1.82) is 0 Å². The Morgan fingerprint density at radius 2 is 1.71 bits per heavy atom.